The number of aromatic nitrogens is 4. The van der Waals surface area contributed by atoms with Gasteiger partial charge in [-0.3, -0.25) is 0 Å². The van der Waals surface area contributed by atoms with Gasteiger partial charge in [-0.05, 0) is 19.1 Å². The lowest BCUT2D eigenvalue weighted by molar-refractivity contribution is 0.434. The van der Waals surface area contributed by atoms with Crippen LogP contribution in [0, 0.1) is 6.92 Å². The Kier molecular flexibility index (Phi) is 2.80. The van der Waals surface area contributed by atoms with Crippen LogP contribution in [0.1, 0.15) is 5.01 Å². The van der Waals surface area contributed by atoms with Crippen LogP contribution in [-0.2, 0) is 0 Å². The molecule has 0 saturated heterocycles. The standard InChI is InChI=1S/C14H9ClN4OS/c1-8-17-19-7-12(16-14(19)21-8)13-6-11(18-20-13)9-2-4-10(15)5-3-9/h2-7H,1H3. The predicted molar refractivity (Wildman–Crippen MR) is 81.5 cm³/mol. The highest BCUT2D eigenvalue weighted by molar-refractivity contribution is 7.16. The van der Waals surface area contributed by atoms with Gasteiger partial charge in [0, 0.05) is 16.7 Å². The molecule has 1 aromatic carbocycles. The number of hydrogen-bond donors (Lipinski definition) is 0. The molecule has 0 saturated carbocycles. The predicted octanol–water partition coefficient (Wildman–Crippen LogP) is 4.07. The molecule has 4 rings (SSSR count). The van der Waals surface area contributed by atoms with E-state index in [-0.39, 0.29) is 0 Å². The van der Waals surface area contributed by atoms with Crippen molar-refractivity contribution in [1.82, 2.24) is 19.8 Å². The molecule has 0 amide bonds. The van der Waals surface area contributed by atoms with Crippen LogP contribution in [0.5, 0.6) is 0 Å². The minimum absolute atomic E-state index is 0.621. The Morgan fingerprint density at radius 1 is 1.19 bits per heavy atom. The maximum Gasteiger partial charge on any atom is 0.212 e. The molecular formula is C14H9ClN4OS. The minimum Gasteiger partial charge on any atom is -0.354 e. The third kappa shape index (κ3) is 2.22. The number of fused-ring (bicyclic) bond motifs is 1. The molecule has 0 spiro atoms. The molecule has 4 aromatic rings. The third-order valence-electron chi connectivity index (χ3n) is 3.05. The van der Waals surface area contributed by atoms with Crippen molar-refractivity contribution in [1.29, 1.82) is 0 Å². The molecule has 0 aliphatic rings. The fourth-order valence-electron chi connectivity index (χ4n) is 2.07. The molecule has 104 valence electrons. The molecule has 3 heterocycles. The van der Waals surface area contributed by atoms with Crippen LogP contribution < -0.4 is 0 Å². The average molecular weight is 317 g/mol. The van der Waals surface area contributed by atoms with Crippen molar-refractivity contribution in [3.8, 4) is 22.7 Å². The van der Waals surface area contributed by atoms with Crippen LogP contribution in [0.3, 0.4) is 0 Å². The molecule has 0 bridgehead atoms. The maximum atomic E-state index is 5.88. The lowest BCUT2D eigenvalue weighted by Crippen LogP contribution is -1.79. The summed E-state index contributed by atoms with van der Waals surface area (Å²) in [7, 11) is 0. The SMILES string of the molecule is Cc1nn2cc(-c3cc(-c4ccc(Cl)cc4)no3)nc2s1. The smallest absolute Gasteiger partial charge is 0.212 e. The zero-order valence-corrected chi connectivity index (χ0v) is 12.5. The highest BCUT2D eigenvalue weighted by atomic mass is 35.5. The molecule has 0 N–H and O–H groups in total. The summed E-state index contributed by atoms with van der Waals surface area (Å²) in [5.41, 5.74) is 2.42. The van der Waals surface area contributed by atoms with Crippen LogP contribution in [0.15, 0.2) is 41.1 Å². The first-order valence-electron chi connectivity index (χ1n) is 6.25. The summed E-state index contributed by atoms with van der Waals surface area (Å²) in [5.74, 6) is 0.621. The first-order chi connectivity index (χ1) is 10.2. The van der Waals surface area contributed by atoms with E-state index in [1.165, 1.54) is 11.3 Å². The van der Waals surface area contributed by atoms with Gasteiger partial charge in [0.25, 0.3) is 0 Å². The number of aryl methyl sites for hydroxylation is 1. The maximum absolute atomic E-state index is 5.88. The number of hydrogen-bond acceptors (Lipinski definition) is 5. The largest absolute Gasteiger partial charge is 0.354 e. The summed E-state index contributed by atoms with van der Waals surface area (Å²) in [5, 5.41) is 10.1. The molecule has 7 heteroatoms. The van der Waals surface area contributed by atoms with Crippen LogP contribution in [0.25, 0.3) is 27.7 Å². The molecule has 5 nitrogen and oxygen atoms in total. The van der Waals surface area contributed by atoms with Gasteiger partial charge in [-0.2, -0.15) is 5.10 Å². The average Bonchev–Trinajstić information content (AvgIpc) is 3.12. The Morgan fingerprint density at radius 3 is 2.76 bits per heavy atom. The Morgan fingerprint density at radius 2 is 2.00 bits per heavy atom. The van der Waals surface area contributed by atoms with Crippen molar-refractivity contribution in [2.45, 2.75) is 6.92 Å². The lowest BCUT2D eigenvalue weighted by atomic mass is 10.1. The van der Waals surface area contributed by atoms with Crippen molar-refractivity contribution in [3.05, 3.63) is 46.6 Å². The van der Waals surface area contributed by atoms with Gasteiger partial charge >= 0.3 is 0 Å². The number of rotatable bonds is 2. The summed E-state index contributed by atoms with van der Waals surface area (Å²) in [4.78, 5) is 5.33. The number of nitrogens with zero attached hydrogens (tertiary/aromatic N) is 4. The summed E-state index contributed by atoms with van der Waals surface area (Å²) in [6.07, 6.45) is 1.84. The topological polar surface area (TPSA) is 56.2 Å². The van der Waals surface area contributed by atoms with Gasteiger partial charge in [0.2, 0.25) is 4.96 Å². The first kappa shape index (κ1) is 12.6. The Labute approximate surface area is 128 Å². The molecular weight excluding hydrogens is 308 g/mol. The monoisotopic (exact) mass is 316 g/mol. The van der Waals surface area contributed by atoms with E-state index in [1.54, 1.807) is 4.52 Å². The Bertz CT molecular complexity index is 891. The van der Waals surface area contributed by atoms with Gasteiger partial charge in [0.05, 0.1) is 6.20 Å². The molecule has 0 aliphatic heterocycles. The highest BCUT2D eigenvalue weighted by Gasteiger charge is 2.13. The second-order valence-corrected chi connectivity index (χ2v) is 6.15. The van der Waals surface area contributed by atoms with E-state index in [4.69, 9.17) is 16.1 Å². The van der Waals surface area contributed by atoms with Crippen LogP contribution in [-0.4, -0.2) is 19.8 Å². The van der Waals surface area contributed by atoms with Crippen molar-refractivity contribution in [2.75, 3.05) is 0 Å². The van der Waals surface area contributed by atoms with Crippen molar-refractivity contribution >= 4 is 27.9 Å². The van der Waals surface area contributed by atoms with E-state index in [1.807, 2.05) is 43.5 Å². The van der Waals surface area contributed by atoms with Crippen LogP contribution in [0.4, 0.5) is 0 Å². The second kappa shape index (κ2) is 4.68. The zero-order chi connectivity index (χ0) is 14.4. The third-order valence-corrected chi connectivity index (χ3v) is 4.14. The fourth-order valence-corrected chi connectivity index (χ4v) is 2.92. The van der Waals surface area contributed by atoms with Crippen LogP contribution in [0.2, 0.25) is 5.02 Å². The van der Waals surface area contributed by atoms with E-state index < -0.39 is 0 Å². The van der Waals surface area contributed by atoms with Gasteiger partial charge in [0.1, 0.15) is 16.4 Å². The first-order valence-corrected chi connectivity index (χ1v) is 7.44. The van der Waals surface area contributed by atoms with Gasteiger partial charge in [-0.25, -0.2) is 9.50 Å². The van der Waals surface area contributed by atoms with Crippen LogP contribution >= 0.6 is 22.9 Å². The summed E-state index contributed by atoms with van der Waals surface area (Å²) in [6, 6.07) is 9.32. The molecule has 21 heavy (non-hydrogen) atoms. The minimum atomic E-state index is 0.621. The summed E-state index contributed by atoms with van der Waals surface area (Å²) >= 11 is 7.42. The van der Waals surface area contributed by atoms with E-state index in [0.717, 1.165) is 26.9 Å². The molecule has 0 aliphatic carbocycles. The van der Waals surface area contributed by atoms with Gasteiger partial charge in [-0.15, -0.1) is 0 Å². The Balaban J connectivity index is 1.72. The fraction of sp³-hybridized carbons (Fsp3) is 0.0714. The molecule has 0 unspecified atom stereocenters. The number of imidazole rings is 1. The Hall–Kier alpha value is -2.18. The van der Waals surface area contributed by atoms with Gasteiger partial charge < -0.3 is 4.52 Å². The van der Waals surface area contributed by atoms with E-state index in [2.05, 4.69) is 15.2 Å². The molecule has 0 fully saturated rings. The normalized spacial score (nSPS) is 11.3. The quantitative estimate of drug-likeness (QED) is 0.559. The zero-order valence-electron chi connectivity index (χ0n) is 10.9. The number of benzene rings is 1. The van der Waals surface area contributed by atoms with Crippen molar-refractivity contribution < 1.29 is 4.52 Å². The second-order valence-electron chi connectivity index (χ2n) is 4.56. The van der Waals surface area contributed by atoms with Gasteiger partial charge in [-0.1, -0.05) is 40.2 Å². The van der Waals surface area contributed by atoms with E-state index in [9.17, 15) is 0 Å². The van der Waals surface area contributed by atoms with Crippen molar-refractivity contribution in [2.24, 2.45) is 0 Å². The van der Waals surface area contributed by atoms with Gasteiger partial charge in [0.15, 0.2) is 5.76 Å². The van der Waals surface area contributed by atoms with E-state index >= 15 is 0 Å². The molecule has 3 aromatic heterocycles. The summed E-state index contributed by atoms with van der Waals surface area (Å²) < 4.78 is 7.13. The lowest BCUT2D eigenvalue weighted by Gasteiger charge is -1.93. The molecule has 0 radical (unpaired) electrons. The summed E-state index contributed by atoms with van der Waals surface area (Å²) in [6.45, 7) is 1.95. The molecule has 0 atom stereocenters. The van der Waals surface area contributed by atoms with Crippen molar-refractivity contribution in [3.63, 3.8) is 0 Å². The number of halogens is 1. The van der Waals surface area contributed by atoms with E-state index in [0.29, 0.717) is 10.8 Å². The highest BCUT2D eigenvalue weighted by Crippen LogP contribution is 2.27.